The van der Waals surface area contributed by atoms with Gasteiger partial charge < -0.3 is 10.1 Å². The van der Waals surface area contributed by atoms with E-state index < -0.39 is 0 Å². The molecule has 0 amide bonds. The monoisotopic (exact) mass is 381 g/mol. The van der Waals surface area contributed by atoms with Crippen LogP contribution in [0.25, 0.3) is 17.2 Å². The first kappa shape index (κ1) is 17.1. The maximum Gasteiger partial charge on any atom is 0.274 e. The standard InChI is InChI=1S/C19H16ClN5O2/c1-27-16-4-2-3-14(9-16)21-11-15-10-17(26)25-19(22-15)23-18(24-25)12-5-7-13(20)8-6-12/h2-10,21H,11H2,1H3,(H,22,23,24). The normalized spacial score (nSPS) is 10.9. The highest BCUT2D eigenvalue weighted by Crippen LogP contribution is 2.19. The van der Waals surface area contributed by atoms with Gasteiger partial charge in [-0.25, -0.2) is 4.98 Å². The van der Waals surface area contributed by atoms with Crippen molar-refractivity contribution >= 4 is 23.1 Å². The van der Waals surface area contributed by atoms with Gasteiger partial charge in [0.2, 0.25) is 0 Å². The number of hydrogen-bond donors (Lipinski definition) is 2. The number of anilines is 1. The van der Waals surface area contributed by atoms with Crippen LogP contribution in [0.15, 0.2) is 59.4 Å². The maximum atomic E-state index is 12.4. The van der Waals surface area contributed by atoms with E-state index in [-0.39, 0.29) is 5.56 Å². The Kier molecular flexibility index (Phi) is 4.52. The molecule has 4 rings (SSSR count). The number of nitrogens with one attached hydrogen (secondary N) is 2. The molecule has 4 aromatic rings. The zero-order chi connectivity index (χ0) is 18.8. The van der Waals surface area contributed by atoms with Crippen LogP contribution in [0.3, 0.4) is 0 Å². The Morgan fingerprint density at radius 3 is 2.74 bits per heavy atom. The fraction of sp³-hybridized carbons (Fsp3) is 0.105. The van der Waals surface area contributed by atoms with E-state index in [0.717, 1.165) is 17.0 Å². The summed E-state index contributed by atoms with van der Waals surface area (Å²) in [6.07, 6.45) is 0. The van der Waals surface area contributed by atoms with Gasteiger partial charge in [0.05, 0.1) is 19.3 Å². The van der Waals surface area contributed by atoms with Gasteiger partial charge in [-0.3, -0.25) is 9.89 Å². The summed E-state index contributed by atoms with van der Waals surface area (Å²) in [5.74, 6) is 1.62. The second kappa shape index (κ2) is 7.13. The van der Waals surface area contributed by atoms with Crippen molar-refractivity contribution in [2.24, 2.45) is 0 Å². The Morgan fingerprint density at radius 1 is 1.15 bits per heavy atom. The molecule has 0 saturated carbocycles. The third kappa shape index (κ3) is 3.63. The lowest BCUT2D eigenvalue weighted by Gasteiger charge is -2.07. The van der Waals surface area contributed by atoms with Crippen LogP contribution in [0, 0.1) is 0 Å². The predicted molar refractivity (Wildman–Crippen MR) is 104 cm³/mol. The molecule has 0 aliphatic rings. The molecule has 136 valence electrons. The molecule has 0 fully saturated rings. The second-order valence-corrected chi connectivity index (χ2v) is 6.32. The Bertz CT molecular complexity index is 1150. The van der Waals surface area contributed by atoms with Crippen molar-refractivity contribution in [3.05, 3.63) is 75.7 Å². The van der Waals surface area contributed by atoms with Crippen LogP contribution in [-0.4, -0.2) is 26.7 Å². The number of nitrogens with zero attached hydrogens (tertiary/aromatic N) is 3. The van der Waals surface area contributed by atoms with Crippen LogP contribution < -0.4 is 15.6 Å². The summed E-state index contributed by atoms with van der Waals surface area (Å²) in [5, 5.41) is 6.83. The number of ether oxygens (including phenoxy) is 1. The molecule has 0 radical (unpaired) electrons. The minimum Gasteiger partial charge on any atom is -0.497 e. The average Bonchev–Trinajstić information content (AvgIpc) is 3.12. The minimum atomic E-state index is -0.227. The minimum absolute atomic E-state index is 0.227. The number of aromatic amines is 1. The van der Waals surface area contributed by atoms with Crippen LogP contribution in [-0.2, 0) is 6.54 Å². The summed E-state index contributed by atoms with van der Waals surface area (Å²) >= 11 is 5.92. The topological polar surface area (TPSA) is 84.3 Å². The summed E-state index contributed by atoms with van der Waals surface area (Å²) in [4.78, 5) is 21.3. The van der Waals surface area contributed by atoms with Crippen LogP contribution in [0.4, 0.5) is 5.69 Å². The van der Waals surface area contributed by atoms with E-state index in [1.807, 2.05) is 36.4 Å². The van der Waals surface area contributed by atoms with E-state index in [4.69, 9.17) is 16.3 Å². The van der Waals surface area contributed by atoms with E-state index in [2.05, 4.69) is 20.4 Å². The van der Waals surface area contributed by atoms with Gasteiger partial charge in [0.15, 0.2) is 5.82 Å². The number of methoxy groups -OCH3 is 1. The third-order valence-electron chi connectivity index (χ3n) is 4.04. The van der Waals surface area contributed by atoms with Crippen LogP contribution in [0.1, 0.15) is 5.69 Å². The van der Waals surface area contributed by atoms with Gasteiger partial charge in [-0.1, -0.05) is 17.7 Å². The van der Waals surface area contributed by atoms with Crippen molar-refractivity contribution in [3.63, 3.8) is 0 Å². The Morgan fingerprint density at radius 2 is 1.96 bits per heavy atom. The molecular formula is C19H16ClN5O2. The van der Waals surface area contributed by atoms with E-state index in [9.17, 15) is 4.79 Å². The number of rotatable bonds is 5. The van der Waals surface area contributed by atoms with Crippen LogP contribution >= 0.6 is 11.6 Å². The lowest BCUT2D eigenvalue weighted by atomic mass is 10.2. The molecule has 0 bridgehead atoms. The Balaban J connectivity index is 1.61. The van der Waals surface area contributed by atoms with Gasteiger partial charge in [-0.05, 0) is 36.4 Å². The molecule has 2 aromatic heterocycles. The zero-order valence-corrected chi connectivity index (χ0v) is 15.2. The Hall–Kier alpha value is -3.32. The number of halogens is 1. The van der Waals surface area contributed by atoms with Gasteiger partial charge in [-0.2, -0.15) is 9.50 Å². The molecule has 7 nitrogen and oxygen atoms in total. The highest BCUT2D eigenvalue weighted by molar-refractivity contribution is 6.30. The quantitative estimate of drug-likeness (QED) is 0.553. The summed E-state index contributed by atoms with van der Waals surface area (Å²) in [6.45, 7) is 0.391. The van der Waals surface area contributed by atoms with E-state index >= 15 is 0 Å². The fourth-order valence-corrected chi connectivity index (χ4v) is 2.81. The van der Waals surface area contributed by atoms with Gasteiger partial charge >= 0.3 is 0 Å². The number of aromatic nitrogens is 4. The third-order valence-corrected chi connectivity index (χ3v) is 4.30. The fourth-order valence-electron chi connectivity index (χ4n) is 2.68. The molecule has 27 heavy (non-hydrogen) atoms. The molecule has 0 unspecified atom stereocenters. The maximum absolute atomic E-state index is 12.4. The van der Waals surface area contributed by atoms with Crippen molar-refractivity contribution in [1.82, 2.24) is 19.6 Å². The first-order valence-corrected chi connectivity index (χ1v) is 8.63. The van der Waals surface area contributed by atoms with E-state index in [0.29, 0.717) is 28.9 Å². The summed E-state index contributed by atoms with van der Waals surface area (Å²) in [6, 6.07) is 16.2. The molecule has 0 saturated heterocycles. The van der Waals surface area contributed by atoms with Crippen molar-refractivity contribution < 1.29 is 4.74 Å². The van der Waals surface area contributed by atoms with E-state index in [1.54, 1.807) is 19.2 Å². The number of H-pyrrole nitrogens is 1. The first-order chi connectivity index (χ1) is 13.1. The highest BCUT2D eigenvalue weighted by atomic mass is 35.5. The van der Waals surface area contributed by atoms with E-state index in [1.165, 1.54) is 10.6 Å². The van der Waals surface area contributed by atoms with Crippen LogP contribution in [0.5, 0.6) is 5.75 Å². The lowest BCUT2D eigenvalue weighted by molar-refractivity contribution is 0.415. The Labute approximate surface area is 159 Å². The smallest absolute Gasteiger partial charge is 0.274 e. The highest BCUT2D eigenvalue weighted by Gasteiger charge is 2.10. The molecule has 2 heterocycles. The molecule has 2 N–H and O–H groups in total. The molecule has 0 spiro atoms. The number of benzene rings is 2. The SMILES string of the molecule is COc1cccc(NCc2cc(=O)n3[nH]c(-c4ccc(Cl)cc4)nc3n2)c1. The largest absolute Gasteiger partial charge is 0.497 e. The number of hydrogen-bond acceptors (Lipinski definition) is 5. The van der Waals surface area contributed by atoms with Crippen LogP contribution in [0.2, 0.25) is 5.02 Å². The van der Waals surface area contributed by atoms with Crippen molar-refractivity contribution in [3.8, 4) is 17.1 Å². The summed E-state index contributed by atoms with van der Waals surface area (Å²) < 4.78 is 6.52. The second-order valence-electron chi connectivity index (χ2n) is 5.89. The first-order valence-electron chi connectivity index (χ1n) is 8.25. The molecule has 0 atom stereocenters. The predicted octanol–water partition coefficient (Wildman–Crippen LogP) is 3.36. The number of fused-ring (bicyclic) bond motifs is 1. The van der Waals surface area contributed by atoms with Gasteiger partial charge in [0, 0.05) is 28.4 Å². The van der Waals surface area contributed by atoms with Gasteiger partial charge in [0.25, 0.3) is 11.3 Å². The molecule has 0 aliphatic heterocycles. The molecule has 8 heteroatoms. The van der Waals surface area contributed by atoms with Crippen molar-refractivity contribution in [2.45, 2.75) is 6.54 Å². The van der Waals surface area contributed by atoms with Gasteiger partial charge in [-0.15, -0.1) is 0 Å². The van der Waals surface area contributed by atoms with Gasteiger partial charge in [0.1, 0.15) is 5.75 Å². The lowest BCUT2D eigenvalue weighted by Crippen LogP contribution is -2.17. The average molecular weight is 382 g/mol. The summed E-state index contributed by atoms with van der Waals surface area (Å²) in [7, 11) is 1.62. The van der Waals surface area contributed by atoms with Crippen molar-refractivity contribution in [2.75, 3.05) is 12.4 Å². The molecule has 0 aliphatic carbocycles. The zero-order valence-electron chi connectivity index (χ0n) is 14.4. The summed E-state index contributed by atoms with van der Waals surface area (Å²) in [5.41, 5.74) is 2.06. The molecular weight excluding hydrogens is 366 g/mol. The molecule has 2 aromatic carbocycles. The van der Waals surface area contributed by atoms with Crippen molar-refractivity contribution in [1.29, 1.82) is 0 Å².